The fraction of sp³-hybridized carbons (Fsp3) is 0.389. The molecular weight excluding hydrogens is 434 g/mol. The van der Waals surface area contributed by atoms with Crippen LogP contribution < -0.4 is 15.4 Å². The first kappa shape index (κ1) is 21.9. The van der Waals surface area contributed by atoms with Gasteiger partial charge in [-0.3, -0.25) is 0 Å². The molecule has 1 aliphatic rings. The van der Waals surface area contributed by atoms with Crippen LogP contribution in [0.4, 0.5) is 16.6 Å². The van der Waals surface area contributed by atoms with Crippen molar-refractivity contribution in [2.45, 2.75) is 16.7 Å². The van der Waals surface area contributed by atoms with Crippen LogP contribution in [0.3, 0.4) is 0 Å². The minimum absolute atomic E-state index is 0.122. The highest BCUT2D eigenvalue weighted by Crippen LogP contribution is 2.33. The highest BCUT2D eigenvalue weighted by Gasteiger charge is 2.28. The number of carbonyl (C=O) groups is 1. The van der Waals surface area contributed by atoms with E-state index in [1.807, 2.05) is 4.90 Å². The maximum Gasteiger partial charge on any atom is 0.409 e. The molecule has 0 bridgehead atoms. The Balaban J connectivity index is 1.83. The third-order valence-electron chi connectivity index (χ3n) is 4.56. The van der Waals surface area contributed by atoms with Crippen molar-refractivity contribution in [2.24, 2.45) is 0 Å². The second-order valence-corrected chi connectivity index (χ2v) is 8.71. The van der Waals surface area contributed by atoms with E-state index in [1.165, 1.54) is 31.5 Å². The van der Waals surface area contributed by atoms with Gasteiger partial charge in [-0.05, 0) is 25.1 Å². The Kier molecular flexibility index (Phi) is 6.52. The Bertz CT molecular complexity index is 1040. The van der Waals surface area contributed by atoms with E-state index in [0.717, 1.165) is 0 Å². The lowest BCUT2D eigenvalue weighted by Gasteiger charge is -2.34. The van der Waals surface area contributed by atoms with Gasteiger partial charge in [0, 0.05) is 31.2 Å². The van der Waals surface area contributed by atoms with Crippen LogP contribution >= 0.6 is 11.6 Å². The highest BCUT2D eigenvalue weighted by molar-refractivity contribution is 7.91. The zero-order valence-corrected chi connectivity index (χ0v) is 18.1. The Morgan fingerprint density at radius 3 is 2.53 bits per heavy atom. The molecule has 162 valence electrons. The minimum atomic E-state index is -4.06. The molecule has 1 aromatic carbocycles. The monoisotopic (exact) mass is 455 g/mol. The van der Waals surface area contributed by atoms with Gasteiger partial charge in [0.15, 0.2) is 0 Å². The number of carbonyl (C=O) groups excluding carboxylic acids is 1. The smallest absolute Gasteiger partial charge is 0.409 e. The fourth-order valence-corrected chi connectivity index (χ4v) is 4.70. The second kappa shape index (κ2) is 8.92. The van der Waals surface area contributed by atoms with E-state index in [-0.39, 0.29) is 38.4 Å². The number of aromatic nitrogens is 2. The summed E-state index contributed by atoms with van der Waals surface area (Å²) in [7, 11) is -2.69. The molecule has 1 aromatic heterocycles. The summed E-state index contributed by atoms with van der Waals surface area (Å²) in [5.41, 5.74) is 5.98. The van der Waals surface area contributed by atoms with Crippen LogP contribution in [0, 0.1) is 0 Å². The van der Waals surface area contributed by atoms with E-state index in [4.69, 9.17) is 26.8 Å². The number of piperazine rings is 1. The highest BCUT2D eigenvalue weighted by atomic mass is 35.5. The molecule has 2 N–H and O–H groups in total. The van der Waals surface area contributed by atoms with Crippen LogP contribution in [0.25, 0.3) is 0 Å². The van der Waals surface area contributed by atoms with Gasteiger partial charge < -0.3 is 25.0 Å². The molecule has 0 spiro atoms. The van der Waals surface area contributed by atoms with Gasteiger partial charge in [-0.2, -0.15) is 4.98 Å². The molecular formula is C18H22ClN5O5S. The molecule has 1 saturated heterocycles. The van der Waals surface area contributed by atoms with E-state index in [0.29, 0.717) is 32.8 Å². The molecule has 3 rings (SSSR count). The van der Waals surface area contributed by atoms with Crippen LogP contribution in [0.5, 0.6) is 5.75 Å². The topological polar surface area (TPSA) is 128 Å². The van der Waals surface area contributed by atoms with Gasteiger partial charge in [0.2, 0.25) is 15.8 Å². The first-order chi connectivity index (χ1) is 14.3. The molecule has 1 aliphatic heterocycles. The number of anilines is 2. The summed E-state index contributed by atoms with van der Waals surface area (Å²) in [6.45, 7) is 3.86. The van der Waals surface area contributed by atoms with Crippen LogP contribution in [0.1, 0.15) is 6.92 Å². The van der Waals surface area contributed by atoms with Crippen molar-refractivity contribution >= 4 is 39.3 Å². The summed E-state index contributed by atoms with van der Waals surface area (Å²) in [5, 5.41) is 0.241. The Morgan fingerprint density at radius 2 is 1.93 bits per heavy atom. The number of ether oxygens (including phenoxy) is 2. The number of hydrogen-bond donors (Lipinski definition) is 1. The van der Waals surface area contributed by atoms with Crippen molar-refractivity contribution in [1.82, 2.24) is 14.9 Å². The first-order valence-electron chi connectivity index (χ1n) is 9.15. The number of halogens is 1. The molecule has 1 amide bonds. The number of hydrogen-bond acceptors (Lipinski definition) is 9. The van der Waals surface area contributed by atoms with Crippen molar-refractivity contribution < 1.29 is 22.7 Å². The summed E-state index contributed by atoms with van der Waals surface area (Å²) in [4.78, 5) is 23.2. The number of nitrogens with zero attached hydrogens (tertiary/aromatic N) is 4. The molecule has 10 nitrogen and oxygen atoms in total. The third-order valence-corrected chi connectivity index (χ3v) is 6.59. The van der Waals surface area contributed by atoms with Gasteiger partial charge >= 0.3 is 6.09 Å². The van der Waals surface area contributed by atoms with Crippen molar-refractivity contribution in [3.05, 3.63) is 29.4 Å². The lowest BCUT2D eigenvalue weighted by atomic mass is 10.3. The van der Waals surface area contributed by atoms with Crippen LogP contribution in [0.2, 0.25) is 5.02 Å². The quantitative estimate of drug-likeness (QED) is 0.717. The van der Waals surface area contributed by atoms with Gasteiger partial charge in [0.1, 0.15) is 21.4 Å². The van der Waals surface area contributed by atoms with Gasteiger partial charge in [0.25, 0.3) is 0 Å². The van der Waals surface area contributed by atoms with Gasteiger partial charge in [-0.1, -0.05) is 11.6 Å². The molecule has 0 atom stereocenters. The molecule has 2 aromatic rings. The normalized spacial score (nSPS) is 14.5. The summed E-state index contributed by atoms with van der Waals surface area (Å²) >= 11 is 5.96. The summed E-state index contributed by atoms with van der Waals surface area (Å²) in [6.07, 6.45) is 0.805. The predicted octanol–water partition coefficient (Wildman–Crippen LogP) is 1.83. The number of nitrogen functional groups attached to an aromatic ring is 1. The number of benzene rings is 1. The number of sulfone groups is 1. The average molecular weight is 456 g/mol. The number of amides is 1. The van der Waals surface area contributed by atoms with Gasteiger partial charge in [0.05, 0.1) is 19.9 Å². The maximum absolute atomic E-state index is 13.1. The molecule has 0 saturated carbocycles. The first-order valence-corrected chi connectivity index (χ1v) is 11.0. The molecule has 1 fully saturated rings. The molecule has 0 radical (unpaired) electrons. The van der Waals surface area contributed by atoms with E-state index in [2.05, 4.69) is 9.97 Å². The third kappa shape index (κ3) is 4.36. The van der Waals surface area contributed by atoms with E-state index in [1.54, 1.807) is 11.8 Å². The van der Waals surface area contributed by atoms with Crippen molar-refractivity contribution in [3.8, 4) is 5.75 Å². The standard InChI is InChI=1S/C18H22ClN5O5S/c1-3-29-18(25)24-8-6-23(7-9-24)17-21-11-15(16(20)22-17)30(26,27)14-10-12(19)4-5-13(14)28-2/h4-5,10-11H,3,6-9H2,1-2H3,(H2,20,21,22). The van der Waals surface area contributed by atoms with Crippen LogP contribution in [-0.2, 0) is 14.6 Å². The minimum Gasteiger partial charge on any atom is -0.495 e. The molecule has 2 heterocycles. The Hall–Kier alpha value is -2.79. The van der Waals surface area contributed by atoms with Crippen molar-refractivity contribution in [3.63, 3.8) is 0 Å². The van der Waals surface area contributed by atoms with Crippen molar-refractivity contribution in [1.29, 1.82) is 0 Å². The second-order valence-electron chi connectivity index (χ2n) is 6.39. The van der Waals surface area contributed by atoms with E-state index >= 15 is 0 Å². The van der Waals surface area contributed by atoms with E-state index in [9.17, 15) is 13.2 Å². The zero-order valence-electron chi connectivity index (χ0n) is 16.5. The summed E-state index contributed by atoms with van der Waals surface area (Å²) in [6, 6.07) is 4.28. The van der Waals surface area contributed by atoms with Crippen LogP contribution in [0.15, 0.2) is 34.2 Å². The molecule has 0 unspecified atom stereocenters. The molecule has 0 aliphatic carbocycles. The van der Waals surface area contributed by atoms with Gasteiger partial charge in [-0.15, -0.1) is 0 Å². The molecule has 30 heavy (non-hydrogen) atoms. The predicted molar refractivity (Wildman–Crippen MR) is 111 cm³/mol. The summed E-state index contributed by atoms with van der Waals surface area (Å²) < 4.78 is 36.3. The fourth-order valence-electron chi connectivity index (χ4n) is 3.02. The number of methoxy groups -OCH3 is 1. The maximum atomic E-state index is 13.1. The lowest BCUT2D eigenvalue weighted by molar-refractivity contribution is 0.105. The SMILES string of the molecule is CCOC(=O)N1CCN(c2ncc(S(=O)(=O)c3cc(Cl)ccc3OC)c(N)n2)CC1. The number of rotatable bonds is 5. The average Bonchev–Trinajstić information content (AvgIpc) is 2.73. The van der Waals surface area contributed by atoms with E-state index < -0.39 is 9.84 Å². The largest absolute Gasteiger partial charge is 0.495 e. The Labute approximate surface area is 179 Å². The zero-order chi connectivity index (χ0) is 21.9. The number of nitrogens with two attached hydrogens (primary N) is 1. The van der Waals surface area contributed by atoms with Gasteiger partial charge in [-0.25, -0.2) is 18.2 Å². The molecule has 12 heteroatoms. The summed E-state index contributed by atoms with van der Waals surface area (Å²) in [5.74, 6) is 0.237. The lowest BCUT2D eigenvalue weighted by Crippen LogP contribution is -2.49. The van der Waals surface area contributed by atoms with Crippen LogP contribution in [-0.4, -0.2) is 69.3 Å². The van der Waals surface area contributed by atoms with Crippen molar-refractivity contribution in [2.75, 3.05) is 50.5 Å². The Morgan fingerprint density at radius 1 is 1.23 bits per heavy atom.